The van der Waals surface area contributed by atoms with Crippen LogP contribution in [0.15, 0.2) is 12.7 Å². The summed E-state index contributed by atoms with van der Waals surface area (Å²) < 4.78 is 1.59. The third kappa shape index (κ3) is 2.64. The number of nitrogens with zero attached hydrogens (tertiary/aromatic N) is 7. The van der Waals surface area contributed by atoms with Gasteiger partial charge in [-0.2, -0.15) is 5.10 Å². The van der Waals surface area contributed by atoms with Crippen LogP contribution >= 0.6 is 0 Å². The molecule has 2 fully saturated rings. The molecule has 3 aliphatic rings. The second kappa shape index (κ2) is 6.03. The number of anilines is 1. The van der Waals surface area contributed by atoms with Crippen molar-refractivity contribution in [3.8, 4) is 0 Å². The molecule has 2 aromatic rings. The molecule has 0 N–H and O–H groups in total. The molecule has 1 amide bonds. The van der Waals surface area contributed by atoms with Crippen LogP contribution in [-0.2, 0) is 24.2 Å². The smallest absolute Gasteiger partial charge is 0.244 e. The molecule has 2 atom stereocenters. The van der Waals surface area contributed by atoms with Crippen molar-refractivity contribution >= 4 is 11.7 Å². The lowest BCUT2D eigenvalue weighted by Crippen LogP contribution is -2.35. The SMILES string of the molecule is Cc1nc2c(c(N3CC4CN(C(=O)Cn5cncn5)CC4C3)n1)CCC2. The molecular weight excluding hydrogens is 330 g/mol. The summed E-state index contributed by atoms with van der Waals surface area (Å²) in [6, 6.07) is 0. The number of fused-ring (bicyclic) bond motifs is 2. The Morgan fingerprint density at radius 1 is 1.15 bits per heavy atom. The molecule has 2 saturated heterocycles. The number of carbonyl (C=O) groups is 1. The van der Waals surface area contributed by atoms with Gasteiger partial charge in [-0.15, -0.1) is 0 Å². The fourth-order valence-corrected chi connectivity index (χ4v) is 4.72. The Hall–Kier alpha value is -2.51. The van der Waals surface area contributed by atoms with Crippen molar-refractivity contribution in [2.75, 3.05) is 31.1 Å². The highest BCUT2D eigenvalue weighted by atomic mass is 16.2. The third-order valence-corrected chi connectivity index (χ3v) is 5.93. The van der Waals surface area contributed by atoms with E-state index in [9.17, 15) is 4.79 Å². The van der Waals surface area contributed by atoms with Crippen molar-refractivity contribution in [1.82, 2.24) is 29.6 Å². The van der Waals surface area contributed by atoms with Crippen LogP contribution in [0, 0.1) is 18.8 Å². The van der Waals surface area contributed by atoms with Crippen molar-refractivity contribution < 1.29 is 4.79 Å². The maximum atomic E-state index is 12.5. The van der Waals surface area contributed by atoms with Crippen molar-refractivity contribution in [2.45, 2.75) is 32.7 Å². The Labute approximate surface area is 152 Å². The highest BCUT2D eigenvalue weighted by molar-refractivity contribution is 5.76. The molecule has 0 radical (unpaired) electrons. The standard InChI is InChI=1S/C18H23N7O/c1-12-21-16-4-2-3-15(16)18(22-12)24-7-13-5-23(6-14(13)8-24)17(26)9-25-11-19-10-20-25/h10-11,13-14H,2-9H2,1H3. The minimum atomic E-state index is 0.134. The first-order chi connectivity index (χ1) is 12.7. The lowest BCUT2D eigenvalue weighted by atomic mass is 10.0. The predicted molar refractivity (Wildman–Crippen MR) is 94.6 cm³/mol. The topological polar surface area (TPSA) is 80.0 Å². The van der Waals surface area contributed by atoms with E-state index in [2.05, 4.69) is 20.0 Å². The van der Waals surface area contributed by atoms with Gasteiger partial charge in [0.25, 0.3) is 0 Å². The summed E-state index contributed by atoms with van der Waals surface area (Å²) >= 11 is 0. The van der Waals surface area contributed by atoms with Crippen molar-refractivity contribution in [3.63, 3.8) is 0 Å². The summed E-state index contributed by atoms with van der Waals surface area (Å²) in [5.74, 6) is 3.22. The molecule has 136 valence electrons. The second-order valence-corrected chi connectivity index (χ2v) is 7.69. The number of likely N-dealkylation sites (tertiary alicyclic amines) is 1. The lowest BCUT2D eigenvalue weighted by Gasteiger charge is -2.24. The first-order valence-electron chi connectivity index (χ1n) is 9.39. The van der Waals surface area contributed by atoms with Crippen molar-refractivity contribution in [3.05, 3.63) is 29.7 Å². The van der Waals surface area contributed by atoms with E-state index in [0.717, 1.165) is 50.7 Å². The van der Waals surface area contributed by atoms with E-state index in [0.29, 0.717) is 11.8 Å². The van der Waals surface area contributed by atoms with Gasteiger partial charge >= 0.3 is 0 Å². The Morgan fingerprint density at radius 3 is 2.69 bits per heavy atom. The van der Waals surface area contributed by atoms with Crippen LogP contribution in [0.3, 0.4) is 0 Å². The van der Waals surface area contributed by atoms with E-state index in [1.807, 2.05) is 11.8 Å². The zero-order valence-electron chi connectivity index (χ0n) is 15.0. The van der Waals surface area contributed by atoms with Gasteiger partial charge in [0, 0.05) is 49.3 Å². The highest BCUT2D eigenvalue weighted by Crippen LogP contribution is 2.37. The molecule has 2 unspecified atom stereocenters. The zero-order chi connectivity index (χ0) is 17.7. The number of aromatic nitrogens is 5. The van der Waals surface area contributed by atoms with Gasteiger partial charge in [-0.1, -0.05) is 0 Å². The molecule has 8 nitrogen and oxygen atoms in total. The molecule has 5 rings (SSSR count). The van der Waals surface area contributed by atoms with E-state index < -0.39 is 0 Å². The summed E-state index contributed by atoms with van der Waals surface area (Å²) in [5, 5.41) is 4.03. The summed E-state index contributed by atoms with van der Waals surface area (Å²) in [6.45, 7) is 5.91. The molecule has 8 heteroatoms. The van der Waals surface area contributed by atoms with Crippen LogP contribution in [0.1, 0.15) is 23.5 Å². The normalized spacial score (nSPS) is 24.2. The average Bonchev–Trinajstić information content (AvgIpc) is 3.37. The van der Waals surface area contributed by atoms with Gasteiger partial charge in [-0.25, -0.2) is 19.6 Å². The van der Waals surface area contributed by atoms with Crippen LogP contribution in [0.4, 0.5) is 5.82 Å². The Balaban J connectivity index is 1.27. The number of hydrogen-bond donors (Lipinski definition) is 0. The minimum absolute atomic E-state index is 0.134. The van der Waals surface area contributed by atoms with Crippen molar-refractivity contribution in [1.29, 1.82) is 0 Å². The lowest BCUT2D eigenvalue weighted by molar-refractivity contribution is -0.131. The van der Waals surface area contributed by atoms with Gasteiger partial charge < -0.3 is 9.80 Å². The quantitative estimate of drug-likeness (QED) is 0.798. The number of carbonyl (C=O) groups excluding carboxylic acids is 1. The summed E-state index contributed by atoms with van der Waals surface area (Å²) in [4.78, 5) is 30.2. The van der Waals surface area contributed by atoms with Crippen LogP contribution in [0.2, 0.25) is 0 Å². The van der Waals surface area contributed by atoms with Gasteiger partial charge in [0.05, 0.1) is 0 Å². The molecule has 4 heterocycles. The number of hydrogen-bond acceptors (Lipinski definition) is 6. The predicted octanol–water partition coefficient (Wildman–Crippen LogP) is 0.460. The fraction of sp³-hybridized carbons (Fsp3) is 0.611. The van der Waals surface area contributed by atoms with Crippen LogP contribution in [0.5, 0.6) is 0 Å². The van der Waals surface area contributed by atoms with Gasteiger partial charge in [0.15, 0.2) is 0 Å². The average molecular weight is 353 g/mol. The molecule has 2 aliphatic heterocycles. The Bertz CT molecular complexity index is 820. The van der Waals surface area contributed by atoms with E-state index in [-0.39, 0.29) is 12.5 Å². The first kappa shape index (κ1) is 15.7. The first-order valence-corrected chi connectivity index (χ1v) is 9.39. The number of amides is 1. The monoisotopic (exact) mass is 353 g/mol. The van der Waals surface area contributed by atoms with E-state index in [1.54, 1.807) is 11.0 Å². The van der Waals surface area contributed by atoms with E-state index in [4.69, 9.17) is 4.98 Å². The molecular formula is C18H23N7O. The Kier molecular flexibility index (Phi) is 3.65. The third-order valence-electron chi connectivity index (χ3n) is 5.93. The van der Waals surface area contributed by atoms with Gasteiger partial charge in [-0.05, 0) is 26.2 Å². The number of rotatable bonds is 3. The molecule has 26 heavy (non-hydrogen) atoms. The maximum Gasteiger partial charge on any atom is 0.244 e. The molecule has 2 aromatic heterocycles. The van der Waals surface area contributed by atoms with Crippen molar-refractivity contribution in [2.24, 2.45) is 11.8 Å². The second-order valence-electron chi connectivity index (χ2n) is 7.69. The molecule has 0 bridgehead atoms. The van der Waals surface area contributed by atoms with E-state index in [1.165, 1.54) is 24.0 Å². The van der Waals surface area contributed by atoms with Crippen LogP contribution in [0.25, 0.3) is 0 Å². The molecule has 1 aliphatic carbocycles. The Morgan fingerprint density at radius 2 is 1.96 bits per heavy atom. The highest BCUT2D eigenvalue weighted by Gasteiger charge is 2.42. The van der Waals surface area contributed by atoms with Gasteiger partial charge in [0.2, 0.25) is 5.91 Å². The van der Waals surface area contributed by atoms with Gasteiger partial charge in [-0.3, -0.25) is 4.79 Å². The summed E-state index contributed by atoms with van der Waals surface area (Å²) in [7, 11) is 0. The molecule has 0 spiro atoms. The summed E-state index contributed by atoms with van der Waals surface area (Å²) in [5.41, 5.74) is 2.60. The van der Waals surface area contributed by atoms with Crippen LogP contribution < -0.4 is 4.90 Å². The largest absolute Gasteiger partial charge is 0.356 e. The minimum Gasteiger partial charge on any atom is -0.356 e. The summed E-state index contributed by atoms with van der Waals surface area (Å²) in [6.07, 6.45) is 6.42. The molecule has 0 saturated carbocycles. The fourth-order valence-electron chi connectivity index (χ4n) is 4.72. The maximum absolute atomic E-state index is 12.5. The zero-order valence-corrected chi connectivity index (χ0v) is 15.0. The van der Waals surface area contributed by atoms with Gasteiger partial charge in [0.1, 0.15) is 30.8 Å². The number of aryl methyl sites for hydroxylation is 2. The van der Waals surface area contributed by atoms with E-state index >= 15 is 0 Å². The van der Waals surface area contributed by atoms with Crippen LogP contribution in [-0.4, -0.2) is 61.7 Å². The molecule has 0 aromatic carbocycles.